The molecule has 1 N–H and O–H groups in total. The monoisotopic (exact) mass is 385 g/mol. The maximum absolute atomic E-state index is 12.3. The second-order valence-corrected chi connectivity index (χ2v) is 8.46. The van der Waals surface area contributed by atoms with Crippen LogP contribution < -0.4 is 10.2 Å². The third-order valence-corrected chi connectivity index (χ3v) is 5.99. The number of likely N-dealkylation sites (N-methyl/N-ethyl adjacent to an activating group) is 1. The summed E-state index contributed by atoms with van der Waals surface area (Å²) in [6, 6.07) is 9.92. The van der Waals surface area contributed by atoms with Crippen molar-refractivity contribution in [3.8, 4) is 0 Å². The van der Waals surface area contributed by atoms with E-state index in [-0.39, 0.29) is 24.5 Å². The van der Waals surface area contributed by atoms with Crippen molar-refractivity contribution in [2.75, 3.05) is 43.4 Å². The number of carbonyl (C=O) groups is 2. The van der Waals surface area contributed by atoms with Gasteiger partial charge in [-0.05, 0) is 56.8 Å². The van der Waals surface area contributed by atoms with E-state index in [1.54, 1.807) is 0 Å². The van der Waals surface area contributed by atoms with Crippen molar-refractivity contribution in [2.24, 2.45) is 0 Å². The normalized spacial score (nSPS) is 15.0. The molecule has 1 aliphatic rings. The fourth-order valence-corrected chi connectivity index (χ4v) is 4.03. The number of hydrogen-bond acceptors (Lipinski definition) is 5. The van der Waals surface area contributed by atoms with Crippen molar-refractivity contribution in [2.45, 2.75) is 26.7 Å². The SMILES string of the molecule is Cc1ccc(C(=O)CCC(=O)Nc2ccc(N3CCN(C)CC3)cc2C)s1. The lowest BCUT2D eigenvalue weighted by Gasteiger charge is -2.34. The minimum atomic E-state index is -0.118. The molecule has 1 amide bonds. The quantitative estimate of drug-likeness (QED) is 0.770. The number of hydrogen-bond donors (Lipinski definition) is 1. The molecular weight excluding hydrogens is 358 g/mol. The molecule has 2 aromatic rings. The van der Waals surface area contributed by atoms with E-state index >= 15 is 0 Å². The van der Waals surface area contributed by atoms with Crippen molar-refractivity contribution >= 4 is 34.4 Å². The minimum Gasteiger partial charge on any atom is -0.369 e. The van der Waals surface area contributed by atoms with Crippen molar-refractivity contribution in [3.05, 3.63) is 45.6 Å². The van der Waals surface area contributed by atoms with E-state index in [1.807, 2.05) is 32.0 Å². The molecule has 0 unspecified atom stereocenters. The Balaban J connectivity index is 1.54. The fraction of sp³-hybridized carbons (Fsp3) is 0.429. The Morgan fingerprint density at radius 3 is 2.41 bits per heavy atom. The summed E-state index contributed by atoms with van der Waals surface area (Å²) >= 11 is 1.48. The second kappa shape index (κ2) is 8.67. The van der Waals surface area contributed by atoms with Crippen molar-refractivity contribution < 1.29 is 9.59 Å². The van der Waals surface area contributed by atoms with Crippen LogP contribution in [0.4, 0.5) is 11.4 Å². The molecule has 0 aliphatic carbocycles. The smallest absolute Gasteiger partial charge is 0.224 e. The summed E-state index contributed by atoms with van der Waals surface area (Å²) in [6.45, 7) is 8.15. The van der Waals surface area contributed by atoms with Gasteiger partial charge < -0.3 is 15.1 Å². The maximum atomic E-state index is 12.3. The molecule has 27 heavy (non-hydrogen) atoms. The number of piperazine rings is 1. The Labute approximate surface area is 165 Å². The number of aryl methyl sites for hydroxylation is 2. The van der Waals surface area contributed by atoms with E-state index in [0.717, 1.165) is 47.2 Å². The van der Waals surface area contributed by atoms with E-state index in [0.29, 0.717) is 0 Å². The Kier molecular flexibility index (Phi) is 6.29. The first-order valence-corrected chi connectivity index (χ1v) is 10.2. The summed E-state index contributed by atoms with van der Waals surface area (Å²) in [5, 5.41) is 2.94. The number of nitrogens with zero attached hydrogens (tertiary/aromatic N) is 2. The largest absolute Gasteiger partial charge is 0.369 e. The highest BCUT2D eigenvalue weighted by molar-refractivity contribution is 7.14. The standard InChI is InChI=1S/C21H27N3O2S/c1-15-14-17(24-12-10-23(3)11-13-24)5-6-18(15)22-21(26)9-7-19(25)20-8-4-16(2)27-20/h4-6,8,14H,7,9-13H2,1-3H3,(H,22,26). The number of Topliss-reactive ketones (excluding diaryl/α,β-unsaturated/α-hetero) is 1. The molecule has 0 saturated carbocycles. The lowest BCUT2D eigenvalue weighted by Crippen LogP contribution is -2.44. The van der Waals surface area contributed by atoms with Gasteiger partial charge in [-0.1, -0.05) is 0 Å². The van der Waals surface area contributed by atoms with E-state index in [2.05, 4.69) is 34.3 Å². The zero-order valence-electron chi connectivity index (χ0n) is 16.2. The van der Waals surface area contributed by atoms with Gasteiger partial charge in [-0.15, -0.1) is 11.3 Å². The summed E-state index contributed by atoms with van der Waals surface area (Å²) in [5.74, 6) is -0.0857. The molecular formula is C21H27N3O2S. The average molecular weight is 386 g/mol. The summed E-state index contributed by atoms with van der Waals surface area (Å²) in [7, 11) is 2.14. The minimum absolute atomic E-state index is 0.0328. The summed E-state index contributed by atoms with van der Waals surface area (Å²) in [4.78, 5) is 30.9. The van der Waals surface area contributed by atoms with Gasteiger partial charge >= 0.3 is 0 Å². The second-order valence-electron chi connectivity index (χ2n) is 7.17. The Morgan fingerprint density at radius 1 is 1.04 bits per heavy atom. The first-order valence-electron chi connectivity index (χ1n) is 9.36. The molecule has 6 heteroatoms. The van der Waals surface area contributed by atoms with Gasteiger partial charge in [0, 0.05) is 55.3 Å². The van der Waals surface area contributed by atoms with Crippen LogP contribution in [0.3, 0.4) is 0 Å². The van der Waals surface area contributed by atoms with Gasteiger partial charge in [-0.2, -0.15) is 0 Å². The summed E-state index contributed by atoms with van der Waals surface area (Å²) in [6.07, 6.45) is 0.444. The van der Waals surface area contributed by atoms with Gasteiger partial charge in [0.05, 0.1) is 4.88 Å². The topological polar surface area (TPSA) is 52.7 Å². The molecule has 1 aliphatic heterocycles. The van der Waals surface area contributed by atoms with Gasteiger partial charge in [0.1, 0.15) is 0 Å². The number of amides is 1. The predicted molar refractivity (Wildman–Crippen MR) is 112 cm³/mol. The lowest BCUT2D eigenvalue weighted by atomic mass is 10.1. The van der Waals surface area contributed by atoms with Crippen LogP contribution in [-0.2, 0) is 4.79 Å². The van der Waals surface area contributed by atoms with Crippen molar-refractivity contribution in [1.82, 2.24) is 4.90 Å². The van der Waals surface area contributed by atoms with Crippen LogP contribution in [0, 0.1) is 13.8 Å². The maximum Gasteiger partial charge on any atom is 0.224 e. The van der Waals surface area contributed by atoms with Gasteiger partial charge in [0.25, 0.3) is 0 Å². The van der Waals surface area contributed by atoms with Gasteiger partial charge in [-0.25, -0.2) is 0 Å². The number of anilines is 2. The van der Waals surface area contributed by atoms with Crippen LogP contribution in [0.2, 0.25) is 0 Å². The Hall–Kier alpha value is -2.18. The number of rotatable bonds is 6. The molecule has 3 rings (SSSR count). The van der Waals surface area contributed by atoms with Crippen molar-refractivity contribution in [3.63, 3.8) is 0 Å². The van der Waals surface area contributed by atoms with E-state index < -0.39 is 0 Å². The lowest BCUT2D eigenvalue weighted by molar-refractivity contribution is -0.116. The first kappa shape index (κ1) is 19.6. The fourth-order valence-electron chi connectivity index (χ4n) is 3.20. The Morgan fingerprint density at radius 2 is 1.78 bits per heavy atom. The molecule has 0 bridgehead atoms. The van der Waals surface area contributed by atoms with Gasteiger partial charge in [-0.3, -0.25) is 9.59 Å². The first-order chi connectivity index (χ1) is 12.9. The molecule has 1 fully saturated rings. The summed E-state index contributed by atoms with van der Waals surface area (Å²) < 4.78 is 0. The molecule has 0 spiro atoms. The van der Waals surface area contributed by atoms with Crippen molar-refractivity contribution in [1.29, 1.82) is 0 Å². The van der Waals surface area contributed by atoms with Crippen LogP contribution in [0.25, 0.3) is 0 Å². The van der Waals surface area contributed by atoms with Crippen LogP contribution >= 0.6 is 11.3 Å². The molecule has 144 valence electrons. The third-order valence-electron chi connectivity index (χ3n) is 4.95. The van der Waals surface area contributed by atoms with Crippen LogP contribution in [-0.4, -0.2) is 49.8 Å². The number of benzene rings is 1. The predicted octanol–water partition coefficient (Wildman–Crippen LogP) is 3.72. The highest BCUT2D eigenvalue weighted by atomic mass is 32.1. The number of nitrogens with one attached hydrogen (secondary N) is 1. The molecule has 1 aromatic heterocycles. The average Bonchev–Trinajstić information content (AvgIpc) is 3.08. The van der Waals surface area contributed by atoms with Crippen LogP contribution in [0.15, 0.2) is 30.3 Å². The number of ketones is 1. The highest BCUT2D eigenvalue weighted by Gasteiger charge is 2.16. The molecule has 5 nitrogen and oxygen atoms in total. The zero-order valence-corrected chi connectivity index (χ0v) is 17.1. The van der Waals surface area contributed by atoms with E-state index in [1.165, 1.54) is 17.0 Å². The third kappa shape index (κ3) is 5.17. The van der Waals surface area contributed by atoms with Gasteiger partial charge in [0.15, 0.2) is 5.78 Å². The van der Waals surface area contributed by atoms with E-state index in [9.17, 15) is 9.59 Å². The molecule has 1 saturated heterocycles. The highest BCUT2D eigenvalue weighted by Crippen LogP contribution is 2.24. The summed E-state index contributed by atoms with van der Waals surface area (Å²) in [5.41, 5.74) is 3.05. The van der Waals surface area contributed by atoms with E-state index in [4.69, 9.17) is 0 Å². The van der Waals surface area contributed by atoms with Crippen LogP contribution in [0.1, 0.15) is 33.0 Å². The molecule has 2 heterocycles. The number of carbonyl (C=O) groups excluding carboxylic acids is 2. The molecule has 0 atom stereocenters. The van der Waals surface area contributed by atoms with Gasteiger partial charge in [0.2, 0.25) is 5.91 Å². The zero-order chi connectivity index (χ0) is 19.4. The molecule has 1 aromatic carbocycles. The van der Waals surface area contributed by atoms with Crippen LogP contribution in [0.5, 0.6) is 0 Å². The number of thiophene rings is 1. The Bertz CT molecular complexity index is 823. The molecule has 0 radical (unpaired) electrons.